The van der Waals surface area contributed by atoms with E-state index in [9.17, 15) is 24.3 Å². The smallest absolute Gasteiger partial charge is 0.262 e. The molecule has 3 aromatic carbocycles. The zero-order valence-corrected chi connectivity index (χ0v) is 32.4. The number of hydrogen-bond donors (Lipinski definition) is 2. The molecule has 55 heavy (non-hydrogen) atoms. The number of ether oxygens (including phenoxy) is 2. The highest BCUT2D eigenvalue weighted by molar-refractivity contribution is 6.23. The van der Waals surface area contributed by atoms with Crippen molar-refractivity contribution in [2.45, 2.75) is 76.5 Å². The van der Waals surface area contributed by atoms with E-state index in [1.165, 1.54) is 5.56 Å². The summed E-state index contributed by atoms with van der Waals surface area (Å²) in [4.78, 5) is 56.3. The molecule has 0 bridgehead atoms. The Kier molecular flexibility index (Phi) is 11.8. The number of piperidine rings is 3. The number of aliphatic hydroxyl groups is 1. The van der Waals surface area contributed by atoms with E-state index in [2.05, 4.69) is 53.2 Å². The van der Waals surface area contributed by atoms with Gasteiger partial charge in [0.15, 0.2) is 6.29 Å². The van der Waals surface area contributed by atoms with Gasteiger partial charge in [0.2, 0.25) is 11.8 Å². The highest BCUT2D eigenvalue weighted by atomic mass is 35.5. The Bertz CT molecular complexity index is 1870. The summed E-state index contributed by atoms with van der Waals surface area (Å²) in [7, 11) is 0. The van der Waals surface area contributed by atoms with Crippen LogP contribution < -0.4 is 19.7 Å². The number of amides is 4. The van der Waals surface area contributed by atoms with Crippen LogP contribution in [0.2, 0.25) is 0 Å². The van der Waals surface area contributed by atoms with Crippen LogP contribution in [0, 0.1) is 11.8 Å². The van der Waals surface area contributed by atoms with Gasteiger partial charge in [-0.05, 0) is 111 Å². The van der Waals surface area contributed by atoms with Crippen LogP contribution in [0.1, 0.15) is 90.6 Å². The third-order valence-electron chi connectivity index (χ3n) is 11.9. The number of rotatable bonds is 13. The van der Waals surface area contributed by atoms with Gasteiger partial charge in [-0.25, -0.2) is 0 Å². The number of aliphatic hydroxyl groups excluding tert-OH is 1. The van der Waals surface area contributed by atoms with Gasteiger partial charge in [0.05, 0.1) is 17.7 Å². The first-order valence-electron chi connectivity index (χ1n) is 19.6. The van der Waals surface area contributed by atoms with Crippen LogP contribution in [0.5, 0.6) is 11.5 Å². The molecule has 3 aromatic rings. The van der Waals surface area contributed by atoms with Gasteiger partial charge in [0, 0.05) is 49.5 Å². The lowest BCUT2D eigenvalue weighted by Gasteiger charge is -2.38. The number of likely N-dealkylation sites (tertiary alicyclic amines) is 1. The van der Waals surface area contributed by atoms with Gasteiger partial charge in [0.1, 0.15) is 17.5 Å². The average Bonchev–Trinajstić information content (AvgIpc) is 3.43. The van der Waals surface area contributed by atoms with E-state index in [0.717, 1.165) is 80.3 Å². The van der Waals surface area contributed by atoms with Crippen LogP contribution >= 0.6 is 11.6 Å². The minimum absolute atomic E-state index is 0.103. The maximum absolute atomic E-state index is 13.3. The Morgan fingerprint density at radius 2 is 1.42 bits per heavy atom. The lowest BCUT2D eigenvalue weighted by molar-refractivity contribution is -0.136. The van der Waals surface area contributed by atoms with Crippen molar-refractivity contribution >= 4 is 40.9 Å². The molecule has 0 spiro atoms. The predicted molar refractivity (Wildman–Crippen MR) is 210 cm³/mol. The van der Waals surface area contributed by atoms with Crippen molar-refractivity contribution in [3.63, 3.8) is 0 Å². The van der Waals surface area contributed by atoms with Crippen molar-refractivity contribution < 1.29 is 33.8 Å². The van der Waals surface area contributed by atoms with E-state index in [1.807, 2.05) is 30.3 Å². The Morgan fingerprint density at radius 1 is 0.800 bits per heavy atom. The molecule has 4 amide bonds. The molecule has 12 heteroatoms. The SMILES string of the molecule is CC(C)(c1ccc(OCC2CCN(CC3CCN(c4ccc5c(c4)C(=O)N(C4CCC(=O)NC4=O)C5=O)CC3)CC2)cc1)c1ccc(O[C@H](O)CCCl)cc1. The number of carbonyl (C=O) groups excluding carboxylic acids is 4. The molecule has 4 aliphatic rings. The van der Waals surface area contributed by atoms with Crippen LogP contribution in [-0.2, 0) is 15.0 Å². The third-order valence-corrected chi connectivity index (χ3v) is 12.1. The van der Waals surface area contributed by atoms with Gasteiger partial charge in [-0.3, -0.25) is 29.4 Å². The van der Waals surface area contributed by atoms with Crippen LogP contribution in [0.3, 0.4) is 0 Å². The van der Waals surface area contributed by atoms with Crippen LogP contribution in [-0.4, -0.2) is 96.1 Å². The first-order chi connectivity index (χ1) is 26.5. The van der Waals surface area contributed by atoms with E-state index < -0.39 is 30.1 Å². The van der Waals surface area contributed by atoms with Crippen LogP contribution in [0.4, 0.5) is 5.69 Å². The van der Waals surface area contributed by atoms with E-state index >= 15 is 0 Å². The average molecular weight is 771 g/mol. The summed E-state index contributed by atoms with van der Waals surface area (Å²) in [5.41, 5.74) is 3.67. The first-order valence-corrected chi connectivity index (χ1v) is 20.1. The monoisotopic (exact) mass is 770 g/mol. The van der Waals surface area contributed by atoms with Crippen molar-refractivity contribution in [3.05, 3.63) is 89.0 Å². The fraction of sp³-hybridized carbons (Fsp3) is 0.488. The topological polar surface area (TPSA) is 129 Å². The van der Waals surface area contributed by atoms with Gasteiger partial charge < -0.3 is 24.4 Å². The summed E-state index contributed by atoms with van der Waals surface area (Å²) in [6.07, 6.45) is 4.06. The summed E-state index contributed by atoms with van der Waals surface area (Å²) in [5.74, 6) is 1.05. The largest absolute Gasteiger partial charge is 0.493 e. The van der Waals surface area contributed by atoms with Gasteiger partial charge in [-0.1, -0.05) is 38.1 Å². The zero-order chi connectivity index (χ0) is 38.7. The maximum atomic E-state index is 13.3. The number of fused-ring (bicyclic) bond motifs is 1. The first kappa shape index (κ1) is 38.8. The standard InChI is InChI=1S/C43H51ClN4O7/c1-43(2,31-5-10-34(11-6-31)55-39(50)15-20-44)30-3-8-33(9-4-30)54-27-29-16-21-46(22-17-29)26-28-18-23-47(24-19-28)32-7-12-35-36(25-32)42(53)48(41(35)52)37-13-14-38(49)45-40(37)51/h3-12,25,28-29,37,39,50H,13-24,26-27H2,1-2H3,(H,45,49,51)/t37?,39-/m0/s1. The second kappa shape index (κ2) is 16.7. The number of halogens is 1. The number of hydrogen-bond acceptors (Lipinski definition) is 9. The van der Waals surface area contributed by atoms with Crippen LogP contribution in [0.15, 0.2) is 66.7 Å². The summed E-state index contributed by atoms with van der Waals surface area (Å²) in [5, 5.41) is 12.1. The predicted octanol–water partition coefficient (Wildman–Crippen LogP) is 5.75. The molecule has 2 N–H and O–H groups in total. The number of benzene rings is 3. The summed E-state index contributed by atoms with van der Waals surface area (Å²) in [6, 6.07) is 20.7. The molecule has 1 unspecified atom stereocenters. The van der Waals surface area contributed by atoms with E-state index in [1.54, 1.807) is 12.1 Å². The second-order valence-electron chi connectivity index (χ2n) is 15.9. The van der Waals surface area contributed by atoms with Crippen molar-refractivity contribution in [1.29, 1.82) is 0 Å². The van der Waals surface area contributed by atoms with E-state index in [4.69, 9.17) is 21.1 Å². The zero-order valence-electron chi connectivity index (χ0n) is 31.7. The van der Waals surface area contributed by atoms with Crippen LogP contribution in [0.25, 0.3) is 0 Å². The van der Waals surface area contributed by atoms with E-state index in [0.29, 0.717) is 47.6 Å². The number of anilines is 1. The Hall–Kier alpha value is -4.45. The molecule has 7 rings (SSSR count). The number of imide groups is 2. The van der Waals surface area contributed by atoms with Gasteiger partial charge in [-0.15, -0.1) is 11.6 Å². The minimum atomic E-state index is -0.958. The molecule has 0 radical (unpaired) electrons. The molecule has 3 fully saturated rings. The normalized spacial score (nSPS) is 20.8. The molecule has 4 heterocycles. The molecule has 292 valence electrons. The van der Waals surface area contributed by atoms with Crippen molar-refractivity contribution in [2.75, 3.05) is 50.1 Å². The number of carbonyl (C=O) groups is 4. The molecule has 0 saturated carbocycles. The van der Waals surface area contributed by atoms with Crippen molar-refractivity contribution in [2.24, 2.45) is 11.8 Å². The molecule has 0 aliphatic carbocycles. The highest BCUT2D eigenvalue weighted by Crippen LogP contribution is 2.35. The Labute approximate surface area is 327 Å². The molecule has 11 nitrogen and oxygen atoms in total. The molecule has 3 saturated heterocycles. The fourth-order valence-corrected chi connectivity index (χ4v) is 8.53. The number of alkyl halides is 1. The quantitative estimate of drug-likeness (QED) is 0.127. The highest BCUT2D eigenvalue weighted by Gasteiger charge is 2.45. The molecule has 0 aromatic heterocycles. The minimum Gasteiger partial charge on any atom is -0.493 e. The summed E-state index contributed by atoms with van der Waals surface area (Å²) >= 11 is 5.70. The number of nitrogens with one attached hydrogen (secondary N) is 1. The molecular weight excluding hydrogens is 720 g/mol. The lowest BCUT2D eigenvalue weighted by Crippen LogP contribution is -2.54. The lowest BCUT2D eigenvalue weighted by atomic mass is 9.78. The summed E-state index contributed by atoms with van der Waals surface area (Å²) < 4.78 is 11.8. The van der Waals surface area contributed by atoms with E-state index in [-0.39, 0.29) is 24.2 Å². The molecular formula is C43H51ClN4O7. The van der Waals surface area contributed by atoms with Crippen molar-refractivity contribution in [1.82, 2.24) is 15.1 Å². The maximum Gasteiger partial charge on any atom is 0.262 e. The Morgan fingerprint density at radius 3 is 2.05 bits per heavy atom. The summed E-state index contributed by atoms with van der Waals surface area (Å²) in [6.45, 7) is 10.1. The molecule has 4 aliphatic heterocycles. The number of nitrogens with zero attached hydrogens (tertiary/aromatic N) is 3. The van der Waals surface area contributed by atoms with Gasteiger partial charge >= 0.3 is 0 Å². The molecule has 2 atom stereocenters. The Balaban J connectivity index is 0.831. The fourth-order valence-electron chi connectivity index (χ4n) is 8.34. The third kappa shape index (κ3) is 8.69. The second-order valence-corrected chi connectivity index (χ2v) is 16.3. The van der Waals surface area contributed by atoms with Gasteiger partial charge in [0.25, 0.3) is 11.8 Å². The van der Waals surface area contributed by atoms with Gasteiger partial charge in [-0.2, -0.15) is 0 Å². The van der Waals surface area contributed by atoms with Crippen molar-refractivity contribution in [3.8, 4) is 11.5 Å².